The number of aliphatic hydroxyl groups excluding tert-OH is 1. The van der Waals surface area contributed by atoms with E-state index in [0.717, 1.165) is 38.4 Å². The number of hydrogen-bond donors (Lipinski definition) is 2. The van der Waals surface area contributed by atoms with Gasteiger partial charge < -0.3 is 23.9 Å². The standard InChI is InChI=1S/C50H50ClN7O9S2/c1-30-45-42(57(21-10-22-59)48(30)50(60)66-6)20-19-40(51)47(45)46-31(2)55(3)54-41(46)27-52-69(63,64)44-14-9-12-34(49(44)58(61)62)23-35-25-36(56(4)53-35)29-68-38-24-33-11-7-8-13-39(33)43(26-38)67-28-32-15-17-37(65-5)18-16-32/h7-9,11-20,24-26,52,59H,10,21-23,27-29H2,1-6H3. The molecule has 0 aliphatic carbocycles. The van der Waals surface area contributed by atoms with Crippen molar-refractivity contribution in [3.63, 3.8) is 0 Å². The number of rotatable bonds is 19. The van der Waals surface area contributed by atoms with Crippen molar-refractivity contribution in [2.45, 2.75) is 61.9 Å². The molecule has 0 aliphatic rings. The Morgan fingerprint density at radius 1 is 0.942 bits per heavy atom. The number of methoxy groups -OCH3 is 2. The van der Waals surface area contributed by atoms with Gasteiger partial charge in [0.2, 0.25) is 10.0 Å². The average molecular weight is 993 g/mol. The summed E-state index contributed by atoms with van der Waals surface area (Å²) in [6, 6.07) is 29.4. The molecule has 0 fully saturated rings. The van der Waals surface area contributed by atoms with Gasteiger partial charge in [-0.3, -0.25) is 19.5 Å². The van der Waals surface area contributed by atoms with Crippen LogP contribution in [0, 0.1) is 24.0 Å². The van der Waals surface area contributed by atoms with E-state index in [4.69, 9.17) is 25.8 Å². The maximum atomic E-state index is 14.2. The lowest BCUT2D eigenvalue weighted by atomic mass is 9.97. The van der Waals surface area contributed by atoms with Crippen molar-refractivity contribution in [2.75, 3.05) is 20.8 Å². The highest BCUT2D eigenvalue weighted by atomic mass is 35.5. The molecular formula is C50H50ClN7O9S2. The lowest BCUT2D eigenvalue weighted by Gasteiger charge is -2.12. The monoisotopic (exact) mass is 991 g/mol. The molecule has 8 rings (SSSR count). The SMILES string of the molecule is COC(=O)c1c(C)c2c(-c3c(CNS(=O)(=O)c4cccc(Cc5cc(CSc6cc(OCc7ccc(OC)cc7)c7ccccc7c6)n(C)n5)c4[N+](=O)[O-])nn(C)c3C)c(Cl)ccc2n1CCCO. The Kier molecular flexibility index (Phi) is 14.5. The number of hydrogen-bond acceptors (Lipinski definition) is 12. The van der Waals surface area contributed by atoms with Crippen molar-refractivity contribution in [1.29, 1.82) is 0 Å². The van der Waals surface area contributed by atoms with Gasteiger partial charge in [-0.25, -0.2) is 17.9 Å². The first-order valence-electron chi connectivity index (χ1n) is 21.9. The molecule has 358 valence electrons. The van der Waals surface area contributed by atoms with Gasteiger partial charge in [0, 0.05) is 93.7 Å². The number of ether oxygens (including phenoxy) is 3. The quantitative estimate of drug-likeness (QED) is 0.0338. The molecular weight excluding hydrogens is 942 g/mol. The Morgan fingerprint density at radius 2 is 1.71 bits per heavy atom. The normalized spacial score (nSPS) is 11.7. The summed E-state index contributed by atoms with van der Waals surface area (Å²) in [6.45, 7) is 3.83. The van der Waals surface area contributed by atoms with Gasteiger partial charge >= 0.3 is 5.97 Å². The first-order chi connectivity index (χ1) is 33.1. The van der Waals surface area contributed by atoms with Crippen LogP contribution in [0.25, 0.3) is 32.8 Å². The Balaban J connectivity index is 1.03. The second-order valence-corrected chi connectivity index (χ2v) is 19.6. The smallest absolute Gasteiger partial charge is 0.354 e. The number of aryl methyl sites for hydroxylation is 4. The van der Waals surface area contributed by atoms with Gasteiger partial charge in [-0.15, -0.1) is 11.8 Å². The summed E-state index contributed by atoms with van der Waals surface area (Å²) in [5, 5.41) is 34.8. The maximum Gasteiger partial charge on any atom is 0.354 e. The van der Waals surface area contributed by atoms with E-state index >= 15 is 0 Å². The number of fused-ring (bicyclic) bond motifs is 2. The number of sulfonamides is 1. The number of esters is 1. The molecule has 2 N–H and O–H groups in total. The fraction of sp³-hybridized carbons (Fsp3) is 0.260. The van der Waals surface area contributed by atoms with E-state index in [1.54, 1.807) is 66.0 Å². The van der Waals surface area contributed by atoms with Gasteiger partial charge in [-0.1, -0.05) is 60.1 Å². The highest BCUT2D eigenvalue weighted by molar-refractivity contribution is 7.98. The van der Waals surface area contributed by atoms with Crippen LogP contribution in [0.5, 0.6) is 11.5 Å². The number of nitrogens with zero attached hydrogens (tertiary/aromatic N) is 6. The summed E-state index contributed by atoms with van der Waals surface area (Å²) >= 11 is 8.55. The summed E-state index contributed by atoms with van der Waals surface area (Å²) in [5.74, 6) is 1.48. The van der Waals surface area contributed by atoms with E-state index in [2.05, 4.69) is 21.0 Å². The largest absolute Gasteiger partial charge is 0.497 e. The lowest BCUT2D eigenvalue weighted by Crippen LogP contribution is -2.25. The van der Waals surface area contributed by atoms with Gasteiger partial charge in [0.1, 0.15) is 23.8 Å². The van der Waals surface area contributed by atoms with E-state index in [1.165, 1.54) is 25.3 Å². The summed E-state index contributed by atoms with van der Waals surface area (Å²) < 4.78 is 52.8. The molecule has 0 amide bonds. The number of halogens is 1. The third-order valence-electron chi connectivity index (χ3n) is 12.1. The topological polar surface area (TPSA) is 195 Å². The van der Waals surface area contributed by atoms with Crippen LogP contribution < -0.4 is 14.2 Å². The number of carbonyl (C=O) groups is 1. The van der Waals surface area contributed by atoms with Gasteiger partial charge in [0.25, 0.3) is 5.69 Å². The molecule has 0 radical (unpaired) electrons. The summed E-state index contributed by atoms with van der Waals surface area (Å²) in [4.78, 5) is 25.7. The molecule has 0 saturated carbocycles. The molecule has 69 heavy (non-hydrogen) atoms. The number of nitrogens with one attached hydrogen (secondary N) is 1. The van der Waals surface area contributed by atoms with Gasteiger partial charge in [0.05, 0.1) is 37.1 Å². The van der Waals surface area contributed by atoms with Crippen LogP contribution in [0.3, 0.4) is 0 Å². The zero-order valence-corrected chi connectivity index (χ0v) is 41.2. The Bertz CT molecular complexity index is 3370. The first kappa shape index (κ1) is 48.7. The van der Waals surface area contributed by atoms with Crippen LogP contribution >= 0.6 is 23.4 Å². The van der Waals surface area contributed by atoms with Crippen molar-refractivity contribution in [3.8, 4) is 22.6 Å². The highest BCUT2D eigenvalue weighted by Crippen LogP contribution is 2.43. The predicted octanol–water partition coefficient (Wildman–Crippen LogP) is 9.23. The molecule has 0 spiro atoms. The fourth-order valence-electron chi connectivity index (χ4n) is 8.66. The molecule has 8 aromatic rings. The minimum Gasteiger partial charge on any atom is -0.497 e. The van der Waals surface area contributed by atoms with Crippen LogP contribution in [0.15, 0.2) is 107 Å². The average Bonchev–Trinajstić information content (AvgIpc) is 3.95. The molecule has 0 unspecified atom stereocenters. The fourth-order valence-corrected chi connectivity index (χ4v) is 11.1. The van der Waals surface area contributed by atoms with Crippen molar-refractivity contribution in [3.05, 3.63) is 157 Å². The summed E-state index contributed by atoms with van der Waals surface area (Å²) in [6.07, 6.45) is 0.367. The van der Waals surface area contributed by atoms with Crippen LogP contribution in [0.4, 0.5) is 5.69 Å². The van der Waals surface area contributed by atoms with Crippen molar-refractivity contribution < 1.29 is 37.5 Å². The van der Waals surface area contributed by atoms with E-state index in [1.807, 2.05) is 67.6 Å². The molecule has 3 heterocycles. The molecule has 0 bridgehead atoms. The third kappa shape index (κ3) is 9.93. The number of nitro groups is 1. The molecule has 0 saturated heterocycles. The number of para-hydroxylation sites is 1. The minimum absolute atomic E-state index is 0.00550. The first-order valence-corrected chi connectivity index (χ1v) is 24.7. The Labute approximate surface area is 408 Å². The van der Waals surface area contributed by atoms with Crippen molar-refractivity contribution in [1.82, 2.24) is 28.9 Å². The molecule has 19 heteroatoms. The summed E-state index contributed by atoms with van der Waals surface area (Å²) in [7, 11) is 1.90. The number of carbonyl (C=O) groups excluding carboxylic acids is 1. The second kappa shape index (κ2) is 20.5. The van der Waals surface area contributed by atoms with Crippen LogP contribution in [0.2, 0.25) is 5.02 Å². The van der Waals surface area contributed by atoms with E-state index in [9.17, 15) is 28.4 Å². The molecule has 16 nitrogen and oxygen atoms in total. The van der Waals surface area contributed by atoms with Gasteiger partial charge in [-0.2, -0.15) is 10.2 Å². The molecule has 0 aliphatic heterocycles. The number of aliphatic hydroxyl groups is 1. The van der Waals surface area contributed by atoms with Crippen LogP contribution in [0.1, 0.15) is 56.4 Å². The molecule has 3 aromatic heterocycles. The zero-order chi connectivity index (χ0) is 49.1. The van der Waals surface area contributed by atoms with Crippen LogP contribution in [-0.4, -0.2) is 69.4 Å². The highest BCUT2D eigenvalue weighted by Gasteiger charge is 2.32. The third-order valence-corrected chi connectivity index (χ3v) is 14.9. The summed E-state index contributed by atoms with van der Waals surface area (Å²) in [5.41, 5.74) is 5.53. The number of benzene rings is 5. The van der Waals surface area contributed by atoms with Crippen molar-refractivity contribution in [2.24, 2.45) is 14.1 Å². The minimum atomic E-state index is -4.53. The van der Waals surface area contributed by atoms with E-state index < -0.39 is 31.5 Å². The number of thioether (sulfide) groups is 1. The molecule has 5 aromatic carbocycles. The number of nitro benzene ring substituents is 1. The van der Waals surface area contributed by atoms with Gasteiger partial charge in [-0.05, 0) is 85.3 Å². The maximum absolute atomic E-state index is 14.2. The molecule has 0 atom stereocenters. The van der Waals surface area contributed by atoms with Gasteiger partial charge in [0.15, 0.2) is 4.90 Å². The van der Waals surface area contributed by atoms with Crippen molar-refractivity contribution >= 4 is 66.7 Å². The predicted molar refractivity (Wildman–Crippen MR) is 266 cm³/mol. The Morgan fingerprint density at radius 3 is 2.43 bits per heavy atom. The second-order valence-electron chi connectivity index (χ2n) is 16.4. The van der Waals surface area contributed by atoms with E-state index in [0.29, 0.717) is 80.7 Å². The Hall–Kier alpha value is -6.70. The van der Waals surface area contributed by atoms with Crippen LogP contribution in [-0.2, 0) is 60.7 Å². The van der Waals surface area contributed by atoms with E-state index in [-0.39, 0.29) is 25.1 Å². The lowest BCUT2D eigenvalue weighted by molar-refractivity contribution is -0.388. The zero-order valence-electron chi connectivity index (χ0n) is 38.8. The number of aromatic nitrogens is 5.